The van der Waals surface area contributed by atoms with Gasteiger partial charge in [-0.3, -0.25) is 4.79 Å². The predicted octanol–water partition coefficient (Wildman–Crippen LogP) is 6.15. The van der Waals surface area contributed by atoms with E-state index in [2.05, 4.69) is 10.3 Å². The minimum atomic E-state index is 0.0837. The van der Waals surface area contributed by atoms with Crippen LogP contribution in [-0.4, -0.2) is 15.9 Å². The summed E-state index contributed by atoms with van der Waals surface area (Å²) in [7, 11) is 0. The van der Waals surface area contributed by atoms with Gasteiger partial charge in [-0.1, -0.05) is 63.5 Å². The Bertz CT molecular complexity index is 852. The number of hydrogen-bond donors (Lipinski definition) is 2. The van der Waals surface area contributed by atoms with Crippen molar-refractivity contribution < 1.29 is 4.79 Å². The Morgan fingerprint density at radius 3 is 2.26 bits per heavy atom. The molecule has 31 heavy (non-hydrogen) atoms. The fraction of sp³-hybridized carbons (Fsp3) is 0.577. The summed E-state index contributed by atoms with van der Waals surface area (Å²) >= 11 is 0. The third-order valence-electron chi connectivity index (χ3n) is 7.02. The van der Waals surface area contributed by atoms with Crippen LogP contribution in [0.4, 0.5) is 11.5 Å². The zero-order valence-electron chi connectivity index (χ0n) is 18.6. The van der Waals surface area contributed by atoms with Gasteiger partial charge in [-0.05, 0) is 49.7 Å². The monoisotopic (exact) mass is 420 g/mol. The van der Waals surface area contributed by atoms with Crippen LogP contribution in [0.2, 0.25) is 0 Å². The third-order valence-corrected chi connectivity index (χ3v) is 7.02. The van der Waals surface area contributed by atoms with Crippen LogP contribution in [0.5, 0.6) is 0 Å². The SMILES string of the molecule is Nc1ccc(-c2cnc(NC(=O)CC3CCCCC3)c(CCC3CCCCC3)n2)cc1. The van der Waals surface area contributed by atoms with E-state index in [-0.39, 0.29) is 5.91 Å². The summed E-state index contributed by atoms with van der Waals surface area (Å²) in [5.41, 5.74) is 9.33. The Kier molecular flexibility index (Phi) is 7.55. The number of benzene rings is 1. The number of hydrogen-bond acceptors (Lipinski definition) is 4. The first-order valence-corrected chi connectivity index (χ1v) is 12.2. The van der Waals surface area contributed by atoms with Crippen molar-refractivity contribution >= 4 is 17.4 Å². The van der Waals surface area contributed by atoms with Crippen molar-refractivity contribution in [3.8, 4) is 11.3 Å². The van der Waals surface area contributed by atoms with Crippen molar-refractivity contribution in [3.05, 3.63) is 36.2 Å². The summed E-state index contributed by atoms with van der Waals surface area (Å²) in [6.45, 7) is 0. The van der Waals surface area contributed by atoms with Gasteiger partial charge in [0.15, 0.2) is 5.82 Å². The first kappa shape index (κ1) is 21.8. The Labute approximate surface area is 186 Å². The highest BCUT2D eigenvalue weighted by molar-refractivity contribution is 5.90. The van der Waals surface area contributed by atoms with Gasteiger partial charge in [-0.15, -0.1) is 0 Å². The Morgan fingerprint density at radius 1 is 0.935 bits per heavy atom. The minimum absolute atomic E-state index is 0.0837. The van der Waals surface area contributed by atoms with E-state index in [9.17, 15) is 4.79 Å². The maximum absolute atomic E-state index is 12.7. The fourth-order valence-corrected chi connectivity index (χ4v) is 5.15. The summed E-state index contributed by atoms with van der Waals surface area (Å²) in [6, 6.07) is 7.73. The van der Waals surface area contributed by atoms with E-state index in [1.54, 1.807) is 6.20 Å². The second kappa shape index (κ2) is 10.7. The fourth-order valence-electron chi connectivity index (χ4n) is 5.15. The lowest BCUT2D eigenvalue weighted by Crippen LogP contribution is -2.20. The van der Waals surface area contributed by atoms with Crippen LogP contribution < -0.4 is 11.1 Å². The smallest absolute Gasteiger partial charge is 0.225 e. The molecule has 0 aliphatic heterocycles. The molecule has 1 amide bonds. The van der Waals surface area contributed by atoms with Gasteiger partial charge in [0.1, 0.15) is 0 Å². The van der Waals surface area contributed by atoms with Crippen LogP contribution in [0.25, 0.3) is 11.3 Å². The van der Waals surface area contributed by atoms with E-state index in [0.29, 0.717) is 18.2 Å². The van der Waals surface area contributed by atoms with Crippen molar-refractivity contribution in [3.63, 3.8) is 0 Å². The molecule has 166 valence electrons. The third kappa shape index (κ3) is 6.28. The number of anilines is 2. The van der Waals surface area contributed by atoms with Crippen LogP contribution >= 0.6 is 0 Å². The summed E-state index contributed by atoms with van der Waals surface area (Å²) in [5, 5.41) is 3.10. The topological polar surface area (TPSA) is 80.9 Å². The molecule has 0 bridgehead atoms. The molecule has 1 aromatic heterocycles. The number of nitrogens with one attached hydrogen (secondary N) is 1. The van der Waals surface area contributed by atoms with Gasteiger partial charge in [0.25, 0.3) is 0 Å². The highest BCUT2D eigenvalue weighted by atomic mass is 16.1. The van der Waals surface area contributed by atoms with Crippen molar-refractivity contribution in [2.75, 3.05) is 11.1 Å². The van der Waals surface area contributed by atoms with Gasteiger partial charge >= 0.3 is 0 Å². The second-order valence-corrected chi connectivity index (χ2v) is 9.47. The minimum Gasteiger partial charge on any atom is -0.399 e. The summed E-state index contributed by atoms with van der Waals surface area (Å²) in [5.74, 6) is 2.01. The molecule has 0 spiro atoms. The van der Waals surface area contributed by atoms with E-state index in [4.69, 9.17) is 10.7 Å². The number of amides is 1. The standard InChI is InChI=1S/C26H36N4O/c27-22-14-12-21(13-15-22)24-18-28-26(30-25(31)17-20-9-5-2-6-10-20)23(29-24)16-11-19-7-3-1-4-8-19/h12-15,18-20H,1-11,16-17,27H2,(H,28,30,31). The van der Waals surface area contributed by atoms with Gasteiger partial charge < -0.3 is 11.1 Å². The molecule has 0 radical (unpaired) electrons. The zero-order chi connectivity index (χ0) is 21.5. The van der Waals surface area contributed by atoms with E-state index >= 15 is 0 Å². The molecule has 1 heterocycles. The van der Waals surface area contributed by atoms with E-state index in [1.807, 2.05) is 24.3 Å². The van der Waals surface area contributed by atoms with Crippen molar-refractivity contribution in [2.45, 2.75) is 83.5 Å². The number of nitrogens with two attached hydrogens (primary N) is 1. The molecular formula is C26H36N4O. The van der Waals surface area contributed by atoms with Gasteiger partial charge in [0.05, 0.1) is 17.6 Å². The molecule has 1 aromatic carbocycles. The van der Waals surface area contributed by atoms with E-state index in [0.717, 1.165) is 41.4 Å². The van der Waals surface area contributed by atoms with Crippen LogP contribution in [0, 0.1) is 11.8 Å². The van der Waals surface area contributed by atoms with Crippen LogP contribution in [0.15, 0.2) is 30.5 Å². The molecule has 0 atom stereocenters. The Hall–Kier alpha value is -2.43. The van der Waals surface area contributed by atoms with Crippen LogP contribution in [-0.2, 0) is 11.2 Å². The highest BCUT2D eigenvalue weighted by Gasteiger charge is 2.20. The van der Waals surface area contributed by atoms with Crippen molar-refractivity contribution in [1.82, 2.24) is 9.97 Å². The van der Waals surface area contributed by atoms with Crippen LogP contribution in [0.1, 0.15) is 82.7 Å². The van der Waals surface area contributed by atoms with E-state index < -0.39 is 0 Å². The number of carbonyl (C=O) groups excluding carboxylic acids is 1. The molecule has 3 N–H and O–H groups in total. The van der Waals surface area contributed by atoms with Gasteiger partial charge in [0, 0.05) is 17.7 Å². The molecule has 0 saturated heterocycles. The summed E-state index contributed by atoms with van der Waals surface area (Å²) < 4.78 is 0. The summed E-state index contributed by atoms with van der Waals surface area (Å²) in [4.78, 5) is 22.3. The van der Waals surface area contributed by atoms with Crippen molar-refractivity contribution in [2.24, 2.45) is 11.8 Å². The molecular weight excluding hydrogens is 384 g/mol. The number of nitrogens with zero attached hydrogens (tertiary/aromatic N) is 2. The maximum atomic E-state index is 12.7. The number of aromatic nitrogens is 2. The molecule has 0 unspecified atom stereocenters. The van der Waals surface area contributed by atoms with E-state index in [1.165, 1.54) is 64.2 Å². The molecule has 2 aromatic rings. The summed E-state index contributed by atoms with van der Waals surface area (Å²) in [6.07, 6.45) is 17.2. The first-order chi connectivity index (χ1) is 15.2. The van der Waals surface area contributed by atoms with Crippen molar-refractivity contribution in [1.29, 1.82) is 0 Å². The highest BCUT2D eigenvalue weighted by Crippen LogP contribution is 2.30. The Morgan fingerprint density at radius 2 is 1.58 bits per heavy atom. The number of rotatable bonds is 7. The largest absolute Gasteiger partial charge is 0.399 e. The Balaban J connectivity index is 1.49. The molecule has 2 fully saturated rings. The first-order valence-electron chi connectivity index (χ1n) is 12.2. The van der Waals surface area contributed by atoms with Gasteiger partial charge in [0.2, 0.25) is 5.91 Å². The molecule has 2 aliphatic rings. The van der Waals surface area contributed by atoms with Gasteiger partial charge in [-0.25, -0.2) is 9.97 Å². The average Bonchev–Trinajstić information content (AvgIpc) is 2.80. The number of carbonyl (C=O) groups is 1. The normalized spacial score (nSPS) is 18.1. The maximum Gasteiger partial charge on any atom is 0.225 e. The van der Waals surface area contributed by atoms with Crippen LogP contribution in [0.3, 0.4) is 0 Å². The zero-order valence-corrected chi connectivity index (χ0v) is 18.6. The lowest BCUT2D eigenvalue weighted by atomic mass is 9.85. The molecule has 2 aliphatic carbocycles. The number of nitrogen functional groups attached to an aromatic ring is 1. The quantitative estimate of drug-likeness (QED) is 0.527. The lowest BCUT2D eigenvalue weighted by Gasteiger charge is -2.22. The molecule has 2 saturated carbocycles. The van der Waals surface area contributed by atoms with Gasteiger partial charge in [-0.2, -0.15) is 0 Å². The average molecular weight is 421 g/mol. The number of aryl methyl sites for hydroxylation is 1. The lowest BCUT2D eigenvalue weighted by molar-refractivity contribution is -0.117. The molecule has 5 heteroatoms. The molecule has 5 nitrogen and oxygen atoms in total. The predicted molar refractivity (Wildman–Crippen MR) is 127 cm³/mol. The second-order valence-electron chi connectivity index (χ2n) is 9.47. The molecule has 4 rings (SSSR count).